The van der Waals surface area contributed by atoms with Gasteiger partial charge in [0.15, 0.2) is 0 Å². The normalized spacial score (nSPS) is 12.1. The zero-order valence-electron chi connectivity index (χ0n) is 9.99. The molecule has 0 radical (unpaired) electrons. The number of hydrogen-bond donors (Lipinski definition) is 2. The Morgan fingerprint density at radius 3 is 2.62 bits per heavy atom. The third-order valence-corrected chi connectivity index (χ3v) is 2.61. The van der Waals surface area contributed by atoms with Gasteiger partial charge < -0.3 is 10.6 Å². The zero-order valence-corrected chi connectivity index (χ0v) is 9.99. The predicted octanol–water partition coefficient (Wildman–Crippen LogP) is 1.52. The molecule has 2 N–H and O–H groups in total. The average molecular weight is 220 g/mol. The van der Waals surface area contributed by atoms with Crippen molar-refractivity contribution in [3.8, 4) is 0 Å². The number of rotatable bonds is 6. The fraction of sp³-hybridized carbons (Fsp3) is 0.462. The second kappa shape index (κ2) is 7.01. The Morgan fingerprint density at radius 1 is 1.31 bits per heavy atom. The standard InChI is InChI=1S/C13H20N2O/c1-11(12-6-4-3-5-7-12)8-9-15-13(16)10-14-2/h3-7,11,14H,8-10H2,1-2H3,(H,15,16). The van der Waals surface area contributed by atoms with Crippen LogP contribution in [0.5, 0.6) is 0 Å². The minimum atomic E-state index is 0.0581. The van der Waals surface area contributed by atoms with Crippen LogP contribution in [-0.2, 0) is 4.79 Å². The predicted molar refractivity (Wildman–Crippen MR) is 66.4 cm³/mol. The molecule has 1 aromatic carbocycles. The number of likely N-dealkylation sites (N-methyl/N-ethyl adjacent to an activating group) is 1. The molecule has 1 amide bonds. The summed E-state index contributed by atoms with van der Waals surface area (Å²) in [5, 5.41) is 5.71. The average Bonchev–Trinajstić information content (AvgIpc) is 2.30. The fourth-order valence-corrected chi connectivity index (χ4v) is 1.60. The number of carbonyl (C=O) groups excluding carboxylic acids is 1. The first-order chi connectivity index (χ1) is 7.74. The molecular formula is C13H20N2O. The lowest BCUT2D eigenvalue weighted by atomic mass is 9.98. The lowest BCUT2D eigenvalue weighted by molar-refractivity contribution is -0.120. The summed E-state index contributed by atoms with van der Waals surface area (Å²) in [7, 11) is 1.77. The third kappa shape index (κ3) is 4.45. The van der Waals surface area contributed by atoms with Gasteiger partial charge in [-0.15, -0.1) is 0 Å². The van der Waals surface area contributed by atoms with Crippen LogP contribution in [0, 0.1) is 0 Å². The molecule has 0 aliphatic carbocycles. The molecular weight excluding hydrogens is 200 g/mol. The largest absolute Gasteiger partial charge is 0.355 e. The van der Waals surface area contributed by atoms with Gasteiger partial charge in [-0.05, 0) is 24.9 Å². The van der Waals surface area contributed by atoms with Crippen molar-refractivity contribution in [2.45, 2.75) is 19.3 Å². The maximum atomic E-state index is 11.2. The zero-order chi connectivity index (χ0) is 11.8. The lowest BCUT2D eigenvalue weighted by Gasteiger charge is -2.12. The summed E-state index contributed by atoms with van der Waals surface area (Å²) in [4.78, 5) is 11.2. The Morgan fingerprint density at radius 2 is 2.00 bits per heavy atom. The highest BCUT2D eigenvalue weighted by molar-refractivity contribution is 5.77. The number of nitrogens with one attached hydrogen (secondary N) is 2. The summed E-state index contributed by atoms with van der Waals surface area (Å²) < 4.78 is 0. The van der Waals surface area contributed by atoms with Gasteiger partial charge in [0.05, 0.1) is 6.54 Å². The van der Waals surface area contributed by atoms with Gasteiger partial charge >= 0.3 is 0 Å². The Balaban J connectivity index is 2.26. The first-order valence-corrected chi connectivity index (χ1v) is 5.70. The summed E-state index contributed by atoms with van der Waals surface area (Å²) in [6.07, 6.45) is 0.972. The van der Waals surface area contributed by atoms with Crippen LogP contribution in [0.25, 0.3) is 0 Å². The molecule has 1 unspecified atom stereocenters. The highest BCUT2D eigenvalue weighted by Crippen LogP contribution is 2.17. The van der Waals surface area contributed by atoms with Crippen LogP contribution in [0.2, 0.25) is 0 Å². The highest BCUT2D eigenvalue weighted by atomic mass is 16.1. The van der Waals surface area contributed by atoms with E-state index >= 15 is 0 Å². The summed E-state index contributed by atoms with van der Waals surface area (Å²) >= 11 is 0. The SMILES string of the molecule is CNCC(=O)NCCC(C)c1ccccc1. The number of hydrogen-bond acceptors (Lipinski definition) is 2. The molecule has 3 heteroatoms. The van der Waals surface area contributed by atoms with Gasteiger partial charge in [-0.1, -0.05) is 37.3 Å². The maximum Gasteiger partial charge on any atom is 0.233 e. The van der Waals surface area contributed by atoms with Crippen molar-refractivity contribution in [3.63, 3.8) is 0 Å². The van der Waals surface area contributed by atoms with E-state index in [1.54, 1.807) is 7.05 Å². The van der Waals surface area contributed by atoms with Crippen molar-refractivity contribution in [2.75, 3.05) is 20.1 Å². The molecule has 88 valence electrons. The second-order valence-corrected chi connectivity index (χ2v) is 3.98. The van der Waals surface area contributed by atoms with Gasteiger partial charge in [-0.25, -0.2) is 0 Å². The molecule has 0 saturated heterocycles. The summed E-state index contributed by atoms with van der Waals surface area (Å²) in [6.45, 7) is 3.30. The molecule has 1 rings (SSSR count). The molecule has 1 atom stereocenters. The van der Waals surface area contributed by atoms with Crippen molar-refractivity contribution < 1.29 is 4.79 Å². The van der Waals surface area contributed by atoms with E-state index in [2.05, 4.69) is 29.7 Å². The third-order valence-electron chi connectivity index (χ3n) is 2.61. The Labute approximate surface area is 97.2 Å². The Hall–Kier alpha value is -1.35. The van der Waals surface area contributed by atoms with E-state index in [1.807, 2.05) is 18.2 Å². The first kappa shape index (κ1) is 12.7. The summed E-state index contributed by atoms with van der Waals surface area (Å²) in [6, 6.07) is 10.4. The molecule has 0 heterocycles. The number of benzene rings is 1. The summed E-state index contributed by atoms with van der Waals surface area (Å²) in [5.74, 6) is 0.541. The van der Waals surface area contributed by atoms with Crippen LogP contribution < -0.4 is 10.6 Å². The molecule has 3 nitrogen and oxygen atoms in total. The molecule has 0 bridgehead atoms. The topological polar surface area (TPSA) is 41.1 Å². The maximum absolute atomic E-state index is 11.2. The summed E-state index contributed by atoms with van der Waals surface area (Å²) in [5.41, 5.74) is 1.32. The van der Waals surface area contributed by atoms with Crippen LogP contribution in [0.3, 0.4) is 0 Å². The smallest absolute Gasteiger partial charge is 0.233 e. The van der Waals surface area contributed by atoms with Crippen LogP contribution in [-0.4, -0.2) is 26.0 Å². The minimum Gasteiger partial charge on any atom is -0.355 e. The molecule has 0 aromatic heterocycles. The number of amides is 1. The van der Waals surface area contributed by atoms with Crippen molar-refractivity contribution in [2.24, 2.45) is 0 Å². The van der Waals surface area contributed by atoms with Gasteiger partial charge in [-0.3, -0.25) is 4.79 Å². The molecule has 0 aliphatic heterocycles. The minimum absolute atomic E-state index is 0.0581. The van der Waals surface area contributed by atoms with E-state index in [-0.39, 0.29) is 5.91 Å². The monoisotopic (exact) mass is 220 g/mol. The molecule has 1 aromatic rings. The van der Waals surface area contributed by atoms with Crippen molar-refractivity contribution in [3.05, 3.63) is 35.9 Å². The van der Waals surface area contributed by atoms with Crippen molar-refractivity contribution >= 4 is 5.91 Å². The molecule has 0 spiro atoms. The van der Waals surface area contributed by atoms with Gasteiger partial charge in [0.1, 0.15) is 0 Å². The lowest BCUT2D eigenvalue weighted by Crippen LogP contribution is -2.33. The van der Waals surface area contributed by atoms with Crippen LogP contribution in [0.15, 0.2) is 30.3 Å². The molecule has 0 saturated carbocycles. The molecule has 16 heavy (non-hydrogen) atoms. The first-order valence-electron chi connectivity index (χ1n) is 5.70. The van der Waals surface area contributed by atoms with Crippen LogP contribution >= 0.6 is 0 Å². The van der Waals surface area contributed by atoms with E-state index in [9.17, 15) is 4.79 Å². The van der Waals surface area contributed by atoms with E-state index < -0.39 is 0 Å². The van der Waals surface area contributed by atoms with E-state index in [4.69, 9.17) is 0 Å². The van der Waals surface area contributed by atoms with E-state index in [1.165, 1.54) is 5.56 Å². The molecule has 0 fully saturated rings. The second-order valence-electron chi connectivity index (χ2n) is 3.98. The van der Waals surface area contributed by atoms with Crippen molar-refractivity contribution in [1.29, 1.82) is 0 Å². The van der Waals surface area contributed by atoms with Gasteiger partial charge in [-0.2, -0.15) is 0 Å². The van der Waals surface area contributed by atoms with Crippen molar-refractivity contribution in [1.82, 2.24) is 10.6 Å². The van der Waals surface area contributed by atoms with Gasteiger partial charge in [0.25, 0.3) is 0 Å². The highest BCUT2D eigenvalue weighted by Gasteiger charge is 2.05. The Kier molecular flexibility index (Phi) is 5.57. The van der Waals surface area contributed by atoms with E-state index in [0.717, 1.165) is 13.0 Å². The van der Waals surface area contributed by atoms with Gasteiger partial charge in [0.2, 0.25) is 5.91 Å². The number of carbonyl (C=O) groups is 1. The van der Waals surface area contributed by atoms with E-state index in [0.29, 0.717) is 12.5 Å². The van der Waals surface area contributed by atoms with Crippen LogP contribution in [0.4, 0.5) is 0 Å². The van der Waals surface area contributed by atoms with Crippen LogP contribution in [0.1, 0.15) is 24.8 Å². The quantitative estimate of drug-likeness (QED) is 0.763. The molecule has 0 aliphatic rings. The van der Waals surface area contributed by atoms with Gasteiger partial charge in [0, 0.05) is 6.54 Å². The fourth-order valence-electron chi connectivity index (χ4n) is 1.60. The Bertz CT molecular complexity index is 311.